The van der Waals surface area contributed by atoms with Crippen LogP contribution in [-0.2, 0) is 28.1 Å². The highest BCUT2D eigenvalue weighted by Gasteiger charge is 2.64. The van der Waals surface area contributed by atoms with Crippen LogP contribution in [0.15, 0.2) is 59.4 Å². The molecule has 1 saturated heterocycles. The zero-order valence-electron chi connectivity index (χ0n) is 29.9. The van der Waals surface area contributed by atoms with Gasteiger partial charge in [-0.15, -0.1) is 0 Å². The number of hydrogen-bond acceptors (Lipinski definition) is 6. The van der Waals surface area contributed by atoms with Crippen molar-refractivity contribution in [2.75, 3.05) is 34.3 Å². The van der Waals surface area contributed by atoms with Crippen molar-refractivity contribution in [3.63, 3.8) is 0 Å². The van der Waals surface area contributed by atoms with E-state index < -0.39 is 21.5 Å². The fraction of sp³-hybridized carbons (Fsp3) is 0.475. The molecule has 9 rings (SSSR count). The fourth-order valence-corrected chi connectivity index (χ4v) is 10.6. The van der Waals surface area contributed by atoms with E-state index in [1.165, 1.54) is 26.1 Å². The summed E-state index contributed by atoms with van der Waals surface area (Å²) in [6, 6.07) is 17.3. The summed E-state index contributed by atoms with van der Waals surface area (Å²) in [6.07, 6.45) is 7.30. The first-order chi connectivity index (χ1) is 25.0. The van der Waals surface area contributed by atoms with Crippen LogP contribution in [0, 0.1) is 11.3 Å². The molecular formula is C40H45N5O6S. The lowest BCUT2D eigenvalue weighted by molar-refractivity contribution is -0.140. The van der Waals surface area contributed by atoms with Gasteiger partial charge in [-0.05, 0) is 85.0 Å². The number of pyridine rings is 1. The summed E-state index contributed by atoms with van der Waals surface area (Å²) in [5.41, 5.74) is 6.00. The maximum absolute atomic E-state index is 15.2. The summed E-state index contributed by atoms with van der Waals surface area (Å²) in [5.74, 6) is 0.840. The molecule has 2 saturated carbocycles. The Morgan fingerprint density at radius 3 is 2.52 bits per heavy atom. The standard InChI is InChI=1S/C40H45N5O6S/c1-42(2)52(49,50)41-38(47)26-12-14-30-34(17-26)45-23-40(39(48)43-20-24-16-27(22-43)33-10-7-11-35(46)44(33)21-24)19-32(40)31-18-28(51-3)13-15-29(31)37(45)36(30)25-8-5-4-6-9-25/h7,10-15,17-18,24-25,27,32H,4-6,8-9,16,19-23H2,1-3H3,(H,41,47)/t24-,27+,32?,40?/m1/s1. The van der Waals surface area contributed by atoms with Crippen molar-refractivity contribution in [3.8, 4) is 17.0 Å². The second kappa shape index (κ2) is 12.1. The molecular weight excluding hydrogens is 679 g/mol. The molecule has 2 amide bonds. The molecule has 2 aliphatic carbocycles. The minimum Gasteiger partial charge on any atom is -0.497 e. The van der Waals surface area contributed by atoms with E-state index in [2.05, 4.69) is 26.3 Å². The monoisotopic (exact) mass is 723 g/mol. The Kier molecular flexibility index (Phi) is 7.75. The molecule has 0 spiro atoms. The third-order valence-corrected chi connectivity index (χ3v) is 14.1. The number of aromatic nitrogens is 2. The molecule has 5 aliphatic rings. The van der Waals surface area contributed by atoms with E-state index >= 15 is 4.79 Å². The molecule has 3 aliphatic heterocycles. The number of nitrogens with zero attached hydrogens (tertiary/aromatic N) is 4. The van der Waals surface area contributed by atoms with Crippen LogP contribution in [0.1, 0.15) is 89.9 Å². The van der Waals surface area contributed by atoms with E-state index in [1.807, 2.05) is 34.9 Å². The average molecular weight is 724 g/mol. The number of hydrogen-bond donors (Lipinski definition) is 1. The Morgan fingerprint density at radius 1 is 0.942 bits per heavy atom. The Balaban J connectivity index is 1.19. The molecule has 2 bridgehead atoms. The topological polar surface area (TPSA) is 123 Å². The normalized spacial score (nSPS) is 25.1. The molecule has 3 fully saturated rings. The molecule has 2 aromatic heterocycles. The first kappa shape index (κ1) is 33.4. The largest absolute Gasteiger partial charge is 0.497 e. The third-order valence-electron chi connectivity index (χ3n) is 12.7. The van der Waals surface area contributed by atoms with Crippen molar-refractivity contribution in [3.05, 3.63) is 87.3 Å². The number of methoxy groups -OCH3 is 1. The van der Waals surface area contributed by atoms with Crippen LogP contribution in [0.5, 0.6) is 5.75 Å². The van der Waals surface area contributed by atoms with Crippen LogP contribution in [0.3, 0.4) is 0 Å². The van der Waals surface area contributed by atoms with Gasteiger partial charge in [-0.3, -0.25) is 14.4 Å². The number of piperidine rings is 1. The van der Waals surface area contributed by atoms with Gasteiger partial charge >= 0.3 is 10.2 Å². The lowest BCUT2D eigenvalue weighted by Crippen LogP contribution is -2.51. The highest BCUT2D eigenvalue weighted by atomic mass is 32.2. The van der Waals surface area contributed by atoms with Crippen molar-refractivity contribution < 1.29 is 22.7 Å². The van der Waals surface area contributed by atoms with Crippen molar-refractivity contribution in [2.24, 2.45) is 11.3 Å². The number of fused-ring (bicyclic) bond motifs is 11. The van der Waals surface area contributed by atoms with Gasteiger partial charge in [0.05, 0.1) is 18.2 Å². The van der Waals surface area contributed by atoms with Gasteiger partial charge in [-0.25, -0.2) is 4.72 Å². The third kappa shape index (κ3) is 5.15. The van der Waals surface area contributed by atoms with E-state index in [0.29, 0.717) is 38.5 Å². The summed E-state index contributed by atoms with van der Waals surface area (Å²) in [7, 11) is 0.436. The molecule has 272 valence electrons. The molecule has 1 N–H and O–H groups in total. The predicted octanol–water partition coefficient (Wildman–Crippen LogP) is 5.20. The van der Waals surface area contributed by atoms with Crippen LogP contribution in [-0.4, -0.2) is 72.9 Å². The van der Waals surface area contributed by atoms with Crippen molar-refractivity contribution in [1.82, 2.24) is 23.1 Å². The number of likely N-dealkylation sites (tertiary alicyclic amines) is 1. The summed E-state index contributed by atoms with van der Waals surface area (Å²) in [4.78, 5) is 43.4. The smallest absolute Gasteiger partial charge is 0.303 e. The Bertz CT molecular complexity index is 2320. The molecule has 2 aromatic carbocycles. The number of carbonyl (C=O) groups excluding carboxylic acids is 2. The number of benzene rings is 2. The van der Waals surface area contributed by atoms with Crippen molar-refractivity contribution in [2.45, 2.75) is 75.8 Å². The second-order valence-electron chi connectivity index (χ2n) is 15.9. The van der Waals surface area contributed by atoms with E-state index in [1.54, 1.807) is 19.2 Å². The average Bonchev–Trinajstić information content (AvgIpc) is 3.81. The van der Waals surface area contributed by atoms with Crippen LogP contribution in [0.2, 0.25) is 0 Å². The number of nitrogens with one attached hydrogen (secondary N) is 1. The molecule has 4 aromatic rings. The summed E-state index contributed by atoms with van der Waals surface area (Å²) < 4.78 is 38.4. The maximum atomic E-state index is 15.2. The van der Waals surface area contributed by atoms with Crippen LogP contribution >= 0.6 is 0 Å². The van der Waals surface area contributed by atoms with Crippen molar-refractivity contribution >= 4 is 32.9 Å². The summed E-state index contributed by atoms with van der Waals surface area (Å²) in [6.45, 7) is 2.27. The van der Waals surface area contributed by atoms with E-state index in [-0.39, 0.29) is 34.8 Å². The molecule has 5 heterocycles. The van der Waals surface area contributed by atoms with Gasteiger partial charge in [0, 0.05) is 85.9 Å². The lowest BCUT2D eigenvalue weighted by Gasteiger charge is -2.44. The Labute approximate surface area is 303 Å². The van der Waals surface area contributed by atoms with Crippen LogP contribution < -0.4 is 15.0 Å². The van der Waals surface area contributed by atoms with Gasteiger partial charge in [0.15, 0.2) is 0 Å². The number of rotatable bonds is 6. The molecule has 2 unspecified atom stereocenters. The fourth-order valence-electron chi connectivity index (χ4n) is 10.1. The quantitative estimate of drug-likeness (QED) is 0.292. The summed E-state index contributed by atoms with van der Waals surface area (Å²) >= 11 is 0. The molecule has 0 radical (unpaired) electrons. The SMILES string of the molecule is COc1ccc2c(c1)C1CC1(C(=O)N1C[C@H]3C[C@@H](C1)c1cccc(=O)n1C3)Cn1c-2c(C2CCCCC2)c2ccc(C(=O)NS(=O)(=O)N(C)C)cc21. The minimum absolute atomic E-state index is 0.00681. The highest BCUT2D eigenvalue weighted by Crippen LogP contribution is 2.66. The zero-order valence-corrected chi connectivity index (χ0v) is 30.7. The van der Waals surface area contributed by atoms with Gasteiger partial charge < -0.3 is 18.8 Å². The molecule has 12 heteroatoms. The number of ether oxygens (including phenoxy) is 1. The molecule has 4 atom stereocenters. The summed E-state index contributed by atoms with van der Waals surface area (Å²) in [5, 5.41) is 1.05. The zero-order chi connectivity index (χ0) is 36.1. The van der Waals surface area contributed by atoms with Crippen LogP contribution in [0.4, 0.5) is 0 Å². The van der Waals surface area contributed by atoms with Gasteiger partial charge in [0.2, 0.25) is 5.91 Å². The number of carbonyl (C=O) groups is 2. The lowest BCUT2D eigenvalue weighted by atomic mass is 9.81. The van der Waals surface area contributed by atoms with E-state index in [9.17, 15) is 18.0 Å². The van der Waals surface area contributed by atoms with E-state index in [4.69, 9.17) is 4.74 Å². The molecule has 52 heavy (non-hydrogen) atoms. The second-order valence-corrected chi connectivity index (χ2v) is 17.8. The Morgan fingerprint density at radius 2 is 1.75 bits per heavy atom. The van der Waals surface area contributed by atoms with Gasteiger partial charge in [0.1, 0.15) is 5.75 Å². The first-order valence-corrected chi connectivity index (χ1v) is 20.0. The van der Waals surface area contributed by atoms with Crippen LogP contribution in [0.25, 0.3) is 22.2 Å². The van der Waals surface area contributed by atoms with Crippen molar-refractivity contribution in [1.29, 1.82) is 0 Å². The predicted molar refractivity (Wildman–Crippen MR) is 198 cm³/mol. The van der Waals surface area contributed by atoms with Gasteiger partial charge in [-0.2, -0.15) is 12.7 Å². The van der Waals surface area contributed by atoms with Gasteiger partial charge in [0.25, 0.3) is 11.5 Å². The highest BCUT2D eigenvalue weighted by molar-refractivity contribution is 7.87. The van der Waals surface area contributed by atoms with E-state index in [0.717, 1.165) is 75.6 Å². The maximum Gasteiger partial charge on any atom is 0.303 e. The van der Waals surface area contributed by atoms with Gasteiger partial charge in [-0.1, -0.05) is 31.4 Å². The number of amides is 2. The minimum atomic E-state index is -4.00. The molecule has 11 nitrogen and oxygen atoms in total. The Hall–Kier alpha value is -4.42. The first-order valence-electron chi connectivity index (χ1n) is 18.6.